The van der Waals surface area contributed by atoms with Crippen molar-refractivity contribution in [3.63, 3.8) is 0 Å². The fraction of sp³-hybridized carbons (Fsp3) is 0.538. The van der Waals surface area contributed by atoms with Crippen molar-refractivity contribution in [1.82, 2.24) is 0 Å². The molecule has 1 fully saturated rings. The predicted molar refractivity (Wildman–Crippen MR) is 58.8 cm³/mol. The van der Waals surface area contributed by atoms with E-state index in [1.165, 1.54) is 24.8 Å². The first-order chi connectivity index (χ1) is 6.92. The first kappa shape index (κ1) is 9.57. The summed E-state index contributed by atoms with van der Waals surface area (Å²) in [5, 5.41) is 0. The van der Waals surface area contributed by atoms with Crippen LogP contribution in [0.2, 0.25) is 0 Å². The standard InChI is InChI=1S/C13H18O/c1-2-10-14-13-9-4-3-8-12(13)11-6-5-7-11/h3-4,8-9,11H,2,5-7,10H2,1H3. The van der Waals surface area contributed by atoms with Gasteiger partial charge in [-0.2, -0.15) is 0 Å². The summed E-state index contributed by atoms with van der Waals surface area (Å²) in [6.07, 6.45) is 5.14. The number of benzene rings is 1. The fourth-order valence-electron chi connectivity index (χ4n) is 1.88. The molecule has 1 aromatic carbocycles. The van der Waals surface area contributed by atoms with Crippen LogP contribution in [-0.2, 0) is 0 Å². The van der Waals surface area contributed by atoms with Gasteiger partial charge in [0.15, 0.2) is 0 Å². The van der Waals surface area contributed by atoms with Crippen LogP contribution < -0.4 is 4.74 Å². The molecule has 0 unspecified atom stereocenters. The molecule has 2 rings (SSSR count). The van der Waals surface area contributed by atoms with Crippen LogP contribution in [0.15, 0.2) is 24.3 Å². The van der Waals surface area contributed by atoms with E-state index in [4.69, 9.17) is 4.74 Å². The lowest BCUT2D eigenvalue weighted by molar-refractivity contribution is 0.304. The first-order valence-electron chi connectivity index (χ1n) is 5.63. The Bertz CT molecular complexity index is 289. The summed E-state index contributed by atoms with van der Waals surface area (Å²) in [7, 11) is 0. The molecule has 0 aliphatic heterocycles. The lowest BCUT2D eigenvalue weighted by atomic mass is 9.80. The van der Waals surface area contributed by atoms with Gasteiger partial charge in [-0.25, -0.2) is 0 Å². The largest absolute Gasteiger partial charge is 0.493 e. The second-order valence-electron chi connectivity index (χ2n) is 4.01. The molecule has 14 heavy (non-hydrogen) atoms. The van der Waals surface area contributed by atoms with Gasteiger partial charge in [-0.3, -0.25) is 0 Å². The molecule has 0 bridgehead atoms. The van der Waals surface area contributed by atoms with Crippen molar-refractivity contribution in [2.75, 3.05) is 6.61 Å². The molecule has 1 aliphatic carbocycles. The maximum Gasteiger partial charge on any atom is 0.122 e. The van der Waals surface area contributed by atoms with Gasteiger partial charge in [0.1, 0.15) is 5.75 Å². The minimum atomic E-state index is 0.767. The molecule has 0 heterocycles. The number of para-hydroxylation sites is 1. The van der Waals surface area contributed by atoms with E-state index in [1.807, 2.05) is 0 Å². The van der Waals surface area contributed by atoms with Gasteiger partial charge in [-0.15, -0.1) is 0 Å². The molecule has 0 amide bonds. The smallest absolute Gasteiger partial charge is 0.122 e. The van der Waals surface area contributed by atoms with Crippen molar-refractivity contribution in [1.29, 1.82) is 0 Å². The van der Waals surface area contributed by atoms with Crippen molar-refractivity contribution in [2.24, 2.45) is 0 Å². The number of rotatable bonds is 4. The lowest BCUT2D eigenvalue weighted by Gasteiger charge is -2.27. The zero-order valence-electron chi connectivity index (χ0n) is 8.83. The molecular formula is C13H18O. The Kier molecular flexibility index (Phi) is 3.07. The van der Waals surface area contributed by atoms with Crippen molar-refractivity contribution < 1.29 is 4.74 Å². The molecule has 1 aliphatic rings. The van der Waals surface area contributed by atoms with Gasteiger partial charge in [0, 0.05) is 0 Å². The second kappa shape index (κ2) is 4.50. The van der Waals surface area contributed by atoms with E-state index in [9.17, 15) is 0 Å². The Balaban J connectivity index is 2.11. The highest BCUT2D eigenvalue weighted by molar-refractivity contribution is 5.37. The Morgan fingerprint density at radius 2 is 2.07 bits per heavy atom. The third-order valence-corrected chi connectivity index (χ3v) is 2.93. The van der Waals surface area contributed by atoms with Crippen LogP contribution >= 0.6 is 0 Å². The molecule has 1 saturated carbocycles. The zero-order chi connectivity index (χ0) is 9.80. The molecule has 0 aromatic heterocycles. The summed E-state index contributed by atoms with van der Waals surface area (Å²) in [5.41, 5.74) is 1.42. The van der Waals surface area contributed by atoms with E-state index < -0.39 is 0 Å². The minimum absolute atomic E-state index is 0.767. The molecule has 0 spiro atoms. The summed E-state index contributed by atoms with van der Waals surface area (Å²) in [4.78, 5) is 0. The highest BCUT2D eigenvalue weighted by Gasteiger charge is 2.22. The van der Waals surface area contributed by atoms with Crippen LogP contribution in [0.25, 0.3) is 0 Å². The molecule has 1 nitrogen and oxygen atoms in total. The predicted octanol–water partition coefficient (Wildman–Crippen LogP) is 3.74. The monoisotopic (exact) mass is 190 g/mol. The van der Waals surface area contributed by atoms with E-state index >= 15 is 0 Å². The van der Waals surface area contributed by atoms with E-state index in [0.29, 0.717) is 0 Å². The summed E-state index contributed by atoms with van der Waals surface area (Å²) in [6, 6.07) is 8.50. The summed E-state index contributed by atoms with van der Waals surface area (Å²) in [6.45, 7) is 2.98. The van der Waals surface area contributed by atoms with Crippen LogP contribution in [0.4, 0.5) is 0 Å². The highest BCUT2D eigenvalue weighted by Crippen LogP contribution is 2.40. The van der Waals surface area contributed by atoms with Gasteiger partial charge >= 0.3 is 0 Å². The van der Waals surface area contributed by atoms with E-state index in [2.05, 4.69) is 31.2 Å². The summed E-state index contributed by atoms with van der Waals surface area (Å²) < 4.78 is 5.74. The van der Waals surface area contributed by atoms with Crippen molar-refractivity contribution >= 4 is 0 Å². The number of hydrogen-bond donors (Lipinski definition) is 0. The Morgan fingerprint density at radius 1 is 1.29 bits per heavy atom. The van der Waals surface area contributed by atoms with Crippen LogP contribution in [0.1, 0.15) is 44.1 Å². The van der Waals surface area contributed by atoms with Gasteiger partial charge in [0.25, 0.3) is 0 Å². The molecule has 1 heteroatoms. The van der Waals surface area contributed by atoms with Crippen LogP contribution in [0.5, 0.6) is 5.75 Å². The van der Waals surface area contributed by atoms with E-state index in [0.717, 1.165) is 24.7 Å². The molecule has 76 valence electrons. The molecule has 0 atom stereocenters. The SMILES string of the molecule is CCCOc1ccccc1C1CCC1. The summed E-state index contributed by atoms with van der Waals surface area (Å²) >= 11 is 0. The summed E-state index contributed by atoms with van der Waals surface area (Å²) in [5.74, 6) is 1.88. The third-order valence-electron chi connectivity index (χ3n) is 2.93. The minimum Gasteiger partial charge on any atom is -0.493 e. The van der Waals surface area contributed by atoms with Crippen LogP contribution in [0.3, 0.4) is 0 Å². The van der Waals surface area contributed by atoms with Gasteiger partial charge < -0.3 is 4.74 Å². The Labute approximate surface area is 86.1 Å². The molecule has 0 saturated heterocycles. The number of hydrogen-bond acceptors (Lipinski definition) is 1. The van der Waals surface area contributed by atoms with Crippen molar-refractivity contribution in [2.45, 2.75) is 38.5 Å². The lowest BCUT2D eigenvalue weighted by Crippen LogP contribution is -2.10. The van der Waals surface area contributed by atoms with Gasteiger partial charge in [-0.05, 0) is 36.8 Å². The van der Waals surface area contributed by atoms with Gasteiger partial charge in [0.05, 0.1) is 6.61 Å². The average molecular weight is 190 g/mol. The Hall–Kier alpha value is -0.980. The molecular weight excluding hydrogens is 172 g/mol. The molecule has 1 aromatic rings. The first-order valence-corrected chi connectivity index (χ1v) is 5.63. The number of ether oxygens (including phenoxy) is 1. The third kappa shape index (κ3) is 1.92. The van der Waals surface area contributed by atoms with E-state index in [1.54, 1.807) is 0 Å². The molecule has 0 radical (unpaired) electrons. The highest BCUT2D eigenvalue weighted by atomic mass is 16.5. The quantitative estimate of drug-likeness (QED) is 0.702. The van der Waals surface area contributed by atoms with Crippen LogP contribution in [0, 0.1) is 0 Å². The van der Waals surface area contributed by atoms with Crippen LogP contribution in [-0.4, -0.2) is 6.61 Å². The van der Waals surface area contributed by atoms with Crippen molar-refractivity contribution in [3.8, 4) is 5.75 Å². The topological polar surface area (TPSA) is 9.23 Å². The fourth-order valence-corrected chi connectivity index (χ4v) is 1.88. The van der Waals surface area contributed by atoms with Gasteiger partial charge in [-0.1, -0.05) is 31.5 Å². The zero-order valence-corrected chi connectivity index (χ0v) is 8.83. The van der Waals surface area contributed by atoms with E-state index in [-0.39, 0.29) is 0 Å². The maximum absolute atomic E-state index is 5.74. The van der Waals surface area contributed by atoms with Gasteiger partial charge in [0.2, 0.25) is 0 Å². The maximum atomic E-state index is 5.74. The Morgan fingerprint density at radius 3 is 2.71 bits per heavy atom. The second-order valence-corrected chi connectivity index (χ2v) is 4.01. The van der Waals surface area contributed by atoms with Crippen molar-refractivity contribution in [3.05, 3.63) is 29.8 Å². The average Bonchev–Trinajstić information content (AvgIpc) is 2.14. The molecule has 0 N–H and O–H groups in total. The normalized spacial score (nSPS) is 16.4.